The lowest BCUT2D eigenvalue weighted by Crippen LogP contribution is -1.93. The first-order chi connectivity index (χ1) is 6.72. The van der Waals surface area contributed by atoms with Gasteiger partial charge in [0.15, 0.2) is 0 Å². The van der Waals surface area contributed by atoms with Crippen molar-refractivity contribution in [3.63, 3.8) is 0 Å². The van der Waals surface area contributed by atoms with Crippen LogP contribution in [0.25, 0.3) is 10.8 Å². The minimum absolute atomic E-state index is 0.260. The first kappa shape index (κ1) is 8.81. The van der Waals surface area contributed by atoms with Gasteiger partial charge in [-0.1, -0.05) is 6.07 Å². The molecule has 0 aliphatic heterocycles. The molecule has 0 heterocycles. The molecule has 0 amide bonds. The second-order valence-electron chi connectivity index (χ2n) is 3.05. The van der Waals surface area contributed by atoms with Crippen LogP contribution >= 0.6 is 0 Å². The molecule has 0 saturated carbocycles. The van der Waals surface area contributed by atoms with Gasteiger partial charge < -0.3 is 10.5 Å². The van der Waals surface area contributed by atoms with Gasteiger partial charge in [-0.15, -0.1) is 0 Å². The molecule has 0 bridgehead atoms. The van der Waals surface area contributed by atoms with Gasteiger partial charge in [0.2, 0.25) is 0 Å². The zero-order valence-corrected chi connectivity index (χ0v) is 7.75. The minimum Gasteiger partial charge on any atom is -0.494 e. The average Bonchev–Trinajstić information content (AvgIpc) is 2.18. The highest BCUT2D eigenvalue weighted by molar-refractivity contribution is 5.92. The topological polar surface area (TPSA) is 35.2 Å². The molecule has 0 saturated heterocycles. The van der Waals surface area contributed by atoms with E-state index < -0.39 is 0 Å². The van der Waals surface area contributed by atoms with E-state index in [0.717, 1.165) is 10.8 Å². The van der Waals surface area contributed by atoms with Crippen LogP contribution in [0.15, 0.2) is 30.3 Å². The molecule has 14 heavy (non-hydrogen) atoms. The van der Waals surface area contributed by atoms with Gasteiger partial charge in [0, 0.05) is 5.39 Å². The lowest BCUT2D eigenvalue weighted by molar-refractivity contribution is 0.422. The second-order valence-corrected chi connectivity index (χ2v) is 3.05. The number of hydrogen-bond acceptors (Lipinski definition) is 2. The number of rotatable bonds is 1. The quantitative estimate of drug-likeness (QED) is 0.703. The zero-order valence-electron chi connectivity index (χ0n) is 7.75. The summed E-state index contributed by atoms with van der Waals surface area (Å²) in [6, 6.07) is 8.00. The molecule has 2 rings (SSSR count). The first-order valence-corrected chi connectivity index (χ1v) is 4.24. The van der Waals surface area contributed by atoms with Crippen molar-refractivity contribution in [2.24, 2.45) is 0 Å². The number of nitrogen functional groups attached to an aromatic ring is 1. The maximum atomic E-state index is 12.9. The number of ether oxygens (including phenoxy) is 1. The summed E-state index contributed by atoms with van der Waals surface area (Å²) in [5, 5.41) is 1.62. The third-order valence-electron chi connectivity index (χ3n) is 2.17. The van der Waals surface area contributed by atoms with Crippen LogP contribution in [-0.2, 0) is 0 Å². The Hall–Kier alpha value is -1.77. The van der Waals surface area contributed by atoms with E-state index in [4.69, 9.17) is 10.5 Å². The number of halogens is 1. The summed E-state index contributed by atoms with van der Waals surface area (Å²) in [6.45, 7) is 0. The van der Waals surface area contributed by atoms with Crippen LogP contribution in [0, 0.1) is 5.82 Å². The summed E-state index contributed by atoms with van der Waals surface area (Å²) in [5.74, 6) is 0.340. The highest BCUT2D eigenvalue weighted by atomic mass is 19.1. The fourth-order valence-electron chi connectivity index (χ4n) is 1.52. The maximum Gasteiger partial charge on any atom is 0.149 e. The van der Waals surface area contributed by atoms with Gasteiger partial charge in [0.1, 0.15) is 11.6 Å². The molecule has 2 aromatic carbocycles. The van der Waals surface area contributed by atoms with Crippen LogP contribution in [0.4, 0.5) is 10.1 Å². The highest BCUT2D eigenvalue weighted by Crippen LogP contribution is 2.31. The van der Waals surface area contributed by atoms with Crippen molar-refractivity contribution in [3.05, 3.63) is 36.1 Å². The first-order valence-electron chi connectivity index (χ1n) is 4.24. The van der Waals surface area contributed by atoms with E-state index in [-0.39, 0.29) is 5.82 Å². The van der Waals surface area contributed by atoms with E-state index in [9.17, 15) is 4.39 Å². The van der Waals surface area contributed by atoms with Crippen LogP contribution < -0.4 is 10.5 Å². The van der Waals surface area contributed by atoms with Crippen molar-refractivity contribution in [1.82, 2.24) is 0 Å². The molecular weight excluding hydrogens is 181 g/mol. The van der Waals surface area contributed by atoms with Gasteiger partial charge in [0.25, 0.3) is 0 Å². The minimum atomic E-state index is -0.260. The Morgan fingerprint density at radius 3 is 2.71 bits per heavy atom. The number of hydrogen-bond donors (Lipinski definition) is 1. The third kappa shape index (κ3) is 1.27. The number of methoxy groups -OCH3 is 1. The Morgan fingerprint density at radius 2 is 2.00 bits per heavy atom. The largest absolute Gasteiger partial charge is 0.494 e. The van der Waals surface area contributed by atoms with Crippen LogP contribution in [-0.4, -0.2) is 7.11 Å². The molecule has 3 heteroatoms. The van der Waals surface area contributed by atoms with Crippen molar-refractivity contribution >= 4 is 16.5 Å². The molecule has 0 aliphatic rings. The molecule has 0 radical (unpaired) electrons. The SMILES string of the molecule is COc1c(N)ccc2cc(F)ccc12. The molecule has 2 N–H and O–H groups in total. The molecule has 0 aliphatic carbocycles. The Morgan fingerprint density at radius 1 is 1.21 bits per heavy atom. The van der Waals surface area contributed by atoms with Crippen LogP contribution in [0.3, 0.4) is 0 Å². The monoisotopic (exact) mass is 191 g/mol. The molecule has 0 fully saturated rings. The number of fused-ring (bicyclic) bond motifs is 1. The Kier molecular flexibility index (Phi) is 2.00. The lowest BCUT2D eigenvalue weighted by atomic mass is 10.1. The molecule has 72 valence electrons. The lowest BCUT2D eigenvalue weighted by Gasteiger charge is -2.08. The fraction of sp³-hybridized carbons (Fsp3) is 0.0909. The normalized spacial score (nSPS) is 10.4. The average molecular weight is 191 g/mol. The van der Waals surface area contributed by atoms with E-state index in [0.29, 0.717) is 11.4 Å². The number of benzene rings is 2. The summed E-state index contributed by atoms with van der Waals surface area (Å²) in [5.41, 5.74) is 6.28. The van der Waals surface area contributed by atoms with Crippen molar-refractivity contribution in [2.45, 2.75) is 0 Å². The standard InChI is InChI=1S/C11H10FNO/c1-14-11-9-4-3-8(12)6-7(9)2-5-10(11)13/h2-6H,13H2,1H3. The van der Waals surface area contributed by atoms with E-state index in [1.165, 1.54) is 12.1 Å². The summed E-state index contributed by atoms with van der Waals surface area (Å²) in [6.07, 6.45) is 0. The Labute approximate surface area is 81.1 Å². The predicted octanol–water partition coefficient (Wildman–Crippen LogP) is 2.57. The van der Waals surface area contributed by atoms with Crippen LogP contribution in [0.1, 0.15) is 0 Å². The number of anilines is 1. The van der Waals surface area contributed by atoms with Crippen molar-refractivity contribution < 1.29 is 9.13 Å². The number of nitrogens with two attached hydrogens (primary N) is 1. The smallest absolute Gasteiger partial charge is 0.149 e. The van der Waals surface area contributed by atoms with E-state index in [2.05, 4.69) is 0 Å². The zero-order chi connectivity index (χ0) is 10.1. The molecule has 0 spiro atoms. The van der Waals surface area contributed by atoms with Gasteiger partial charge in [-0.3, -0.25) is 0 Å². The van der Waals surface area contributed by atoms with Crippen molar-refractivity contribution in [2.75, 3.05) is 12.8 Å². The van der Waals surface area contributed by atoms with Gasteiger partial charge in [-0.2, -0.15) is 0 Å². The van der Waals surface area contributed by atoms with Gasteiger partial charge in [0.05, 0.1) is 12.8 Å². The summed E-state index contributed by atoms with van der Waals surface area (Å²) in [4.78, 5) is 0. The molecular formula is C11H10FNO. The van der Waals surface area contributed by atoms with E-state index in [1.807, 2.05) is 0 Å². The maximum absolute atomic E-state index is 12.9. The second kappa shape index (κ2) is 3.18. The predicted molar refractivity (Wildman–Crippen MR) is 54.9 cm³/mol. The van der Waals surface area contributed by atoms with Crippen molar-refractivity contribution in [1.29, 1.82) is 0 Å². The molecule has 0 atom stereocenters. The molecule has 2 nitrogen and oxygen atoms in total. The van der Waals surface area contributed by atoms with Gasteiger partial charge >= 0.3 is 0 Å². The van der Waals surface area contributed by atoms with Crippen molar-refractivity contribution in [3.8, 4) is 5.75 Å². The molecule has 0 unspecified atom stereocenters. The highest BCUT2D eigenvalue weighted by Gasteiger charge is 2.05. The summed E-state index contributed by atoms with van der Waals surface area (Å²) >= 11 is 0. The van der Waals surface area contributed by atoms with E-state index in [1.54, 1.807) is 25.3 Å². The Bertz CT molecular complexity index is 482. The summed E-state index contributed by atoms with van der Waals surface area (Å²) < 4.78 is 18.1. The Balaban J connectivity index is 2.82. The van der Waals surface area contributed by atoms with Crippen LogP contribution in [0.5, 0.6) is 5.75 Å². The molecule has 2 aromatic rings. The van der Waals surface area contributed by atoms with E-state index >= 15 is 0 Å². The van der Waals surface area contributed by atoms with Crippen LogP contribution in [0.2, 0.25) is 0 Å². The van der Waals surface area contributed by atoms with Gasteiger partial charge in [-0.05, 0) is 29.7 Å². The summed E-state index contributed by atoms with van der Waals surface area (Å²) in [7, 11) is 1.55. The third-order valence-corrected chi connectivity index (χ3v) is 2.17. The van der Waals surface area contributed by atoms with Gasteiger partial charge in [-0.25, -0.2) is 4.39 Å². The molecule has 0 aromatic heterocycles. The fourth-order valence-corrected chi connectivity index (χ4v) is 1.52.